The van der Waals surface area contributed by atoms with Crippen LogP contribution < -0.4 is 0 Å². The van der Waals surface area contributed by atoms with Crippen LogP contribution in [0.1, 0.15) is 20.8 Å². The quantitative estimate of drug-likeness (QED) is 0.353. The van der Waals surface area contributed by atoms with E-state index in [1.807, 2.05) is 70.6 Å². The van der Waals surface area contributed by atoms with Gasteiger partial charge in [-0.3, -0.25) is 0 Å². The zero-order valence-electron chi connectivity index (χ0n) is 10.3. The van der Waals surface area contributed by atoms with Gasteiger partial charge in [-0.2, -0.15) is 37.9 Å². The predicted octanol–water partition coefficient (Wildman–Crippen LogP) is 6.08. The van der Waals surface area contributed by atoms with Crippen LogP contribution >= 0.6 is 108 Å². The zero-order valence-corrected chi connectivity index (χ0v) is 17.8. The molecular weight excluding hydrogens is 397 g/mol. The Morgan fingerprint density at radius 1 is 0.667 bits per heavy atom. The summed E-state index contributed by atoms with van der Waals surface area (Å²) in [5, 5.41) is 0. The Labute approximate surface area is 153 Å². The van der Waals surface area contributed by atoms with Crippen LogP contribution in [0.2, 0.25) is 0 Å². The summed E-state index contributed by atoms with van der Waals surface area (Å²) in [6, 6.07) is 0. The Balaban J connectivity index is 2.54. The van der Waals surface area contributed by atoms with Gasteiger partial charge in [0.1, 0.15) is 11.7 Å². The molecule has 1 fully saturated rings. The van der Waals surface area contributed by atoms with E-state index in [-0.39, 0.29) is 0 Å². The summed E-state index contributed by atoms with van der Waals surface area (Å²) < 4.78 is 2.84. The lowest BCUT2D eigenvalue weighted by molar-refractivity contribution is 1.43. The molecule has 0 aromatic carbocycles. The van der Waals surface area contributed by atoms with E-state index < -0.39 is 0 Å². The second kappa shape index (κ2) is 10.0. The van der Waals surface area contributed by atoms with Crippen LogP contribution in [0, 0.1) is 0 Å². The van der Waals surface area contributed by atoms with Gasteiger partial charge in [0.05, 0.1) is 0 Å². The van der Waals surface area contributed by atoms with E-state index in [0.29, 0.717) is 25.5 Å². The molecule has 1 saturated heterocycles. The fraction of sp³-hybridized carbons (Fsp3) is 1.00. The zero-order chi connectivity index (χ0) is 13.7. The fourth-order valence-electron chi connectivity index (χ4n) is 1.04. The monoisotopic (exact) mass is 414 g/mol. The molecule has 0 aromatic heterocycles. The summed E-state index contributed by atoms with van der Waals surface area (Å²) in [7, 11) is 0. The first-order valence-electron chi connectivity index (χ1n) is 5.34. The molecule has 0 spiro atoms. The summed E-state index contributed by atoms with van der Waals surface area (Å²) in [6.07, 6.45) is 0. The molecule has 1 aliphatic rings. The first-order chi connectivity index (χ1) is 8.36. The van der Waals surface area contributed by atoms with Crippen LogP contribution in [0.5, 0.6) is 0 Å². The molecule has 3 unspecified atom stereocenters. The second-order valence-electron chi connectivity index (χ2n) is 3.48. The molecule has 0 nitrogen and oxygen atoms in total. The average molecular weight is 415 g/mol. The third-order valence-electron chi connectivity index (χ3n) is 1.59. The van der Waals surface area contributed by atoms with Crippen molar-refractivity contribution in [2.45, 2.75) is 46.3 Å². The van der Waals surface area contributed by atoms with Gasteiger partial charge in [-0.05, 0) is 20.8 Å². The Bertz CT molecular complexity index is 188. The van der Waals surface area contributed by atoms with E-state index in [1.54, 1.807) is 0 Å². The van der Waals surface area contributed by atoms with E-state index >= 15 is 0 Å². The summed E-state index contributed by atoms with van der Waals surface area (Å²) >= 11 is 25.4. The molecule has 0 amide bonds. The molecule has 0 radical (unpaired) electrons. The third kappa shape index (κ3) is 8.56. The van der Waals surface area contributed by atoms with Crippen LogP contribution in [0.25, 0.3) is 0 Å². The van der Waals surface area contributed by atoms with Crippen molar-refractivity contribution in [1.29, 1.82) is 0 Å². The van der Waals surface area contributed by atoms with Crippen LogP contribution in [-0.4, -0.2) is 25.5 Å². The largest absolute Gasteiger partial charge is 0.165 e. The molecule has 0 aliphatic carbocycles. The highest BCUT2D eigenvalue weighted by atomic mass is 32.3. The SMILES string of the molecule is CC(S)SC1SC(SC(C)S)SC(SC(C)S)S1. The van der Waals surface area contributed by atoms with Crippen molar-refractivity contribution >= 4 is 108 Å². The maximum atomic E-state index is 4.49. The molecule has 1 rings (SSSR count). The highest BCUT2D eigenvalue weighted by Gasteiger charge is 2.33. The van der Waals surface area contributed by atoms with E-state index in [2.05, 4.69) is 58.7 Å². The molecule has 0 N–H and O–H groups in total. The topological polar surface area (TPSA) is 0 Å². The van der Waals surface area contributed by atoms with Crippen molar-refractivity contribution in [2.24, 2.45) is 0 Å². The Morgan fingerprint density at radius 3 is 1.06 bits per heavy atom. The van der Waals surface area contributed by atoms with Crippen LogP contribution in [0.3, 0.4) is 0 Å². The second-order valence-corrected chi connectivity index (χ2v) is 17.5. The normalized spacial score (nSPS) is 34.0. The van der Waals surface area contributed by atoms with Crippen molar-refractivity contribution in [3.05, 3.63) is 0 Å². The third-order valence-corrected chi connectivity index (χ3v) is 11.9. The van der Waals surface area contributed by atoms with Crippen LogP contribution in [0.4, 0.5) is 0 Å². The first-order valence-corrected chi connectivity index (χ1v) is 12.5. The maximum absolute atomic E-state index is 4.49. The standard InChI is InChI=1S/C9H18S9/c1-4(10)13-7-16-8(14-5(2)11)18-9(17-7)15-6(3)12/h4-12H,1-3H3. The Hall–Kier alpha value is 3.15. The maximum Gasteiger partial charge on any atom is 0.101 e. The lowest BCUT2D eigenvalue weighted by Crippen LogP contribution is -2.15. The van der Waals surface area contributed by atoms with Gasteiger partial charge >= 0.3 is 0 Å². The van der Waals surface area contributed by atoms with E-state index in [4.69, 9.17) is 0 Å². The molecule has 1 heterocycles. The predicted molar refractivity (Wildman–Crippen MR) is 112 cm³/mol. The van der Waals surface area contributed by atoms with Crippen molar-refractivity contribution in [1.82, 2.24) is 0 Å². The minimum Gasteiger partial charge on any atom is -0.165 e. The Morgan fingerprint density at radius 2 is 0.889 bits per heavy atom. The first kappa shape index (κ1) is 19.2. The molecule has 0 aromatic rings. The summed E-state index contributed by atoms with van der Waals surface area (Å²) in [6.45, 7) is 6.43. The number of hydrogen-bond acceptors (Lipinski definition) is 9. The van der Waals surface area contributed by atoms with Gasteiger partial charge in [0.2, 0.25) is 0 Å². The lowest BCUT2D eigenvalue weighted by Gasteiger charge is -2.34. The van der Waals surface area contributed by atoms with Crippen molar-refractivity contribution in [3.8, 4) is 0 Å². The number of thiol groups is 3. The fourth-order valence-corrected chi connectivity index (χ4v) is 17.0. The van der Waals surface area contributed by atoms with Gasteiger partial charge in [-0.15, -0.1) is 70.6 Å². The van der Waals surface area contributed by atoms with Crippen molar-refractivity contribution in [2.75, 3.05) is 0 Å². The minimum atomic E-state index is 0.385. The average Bonchev–Trinajstić information content (AvgIpc) is 2.12. The number of thioether (sulfide) groups is 6. The molecule has 1 aliphatic heterocycles. The van der Waals surface area contributed by atoms with Gasteiger partial charge in [0.25, 0.3) is 0 Å². The van der Waals surface area contributed by atoms with E-state index in [1.165, 1.54) is 0 Å². The van der Waals surface area contributed by atoms with E-state index in [0.717, 1.165) is 0 Å². The summed E-state index contributed by atoms with van der Waals surface area (Å²) in [5.41, 5.74) is 0. The molecule has 108 valence electrons. The highest BCUT2D eigenvalue weighted by Crippen LogP contribution is 2.59. The smallest absolute Gasteiger partial charge is 0.101 e. The van der Waals surface area contributed by atoms with Crippen molar-refractivity contribution in [3.63, 3.8) is 0 Å². The Kier molecular flexibility index (Phi) is 10.7. The van der Waals surface area contributed by atoms with Gasteiger partial charge in [-0.1, -0.05) is 0 Å². The van der Waals surface area contributed by atoms with Gasteiger partial charge < -0.3 is 0 Å². The molecule has 0 saturated carbocycles. The molecular formula is C9H18S9. The summed E-state index contributed by atoms with van der Waals surface area (Å²) in [4.78, 5) is 0. The number of rotatable bonds is 6. The van der Waals surface area contributed by atoms with Crippen LogP contribution in [0.15, 0.2) is 0 Å². The van der Waals surface area contributed by atoms with Gasteiger partial charge in [0.15, 0.2) is 0 Å². The lowest BCUT2D eigenvalue weighted by atomic mass is 11.0. The van der Waals surface area contributed by atoms with E-state index in [9.17, 15) is 0 Å². The molecule has 3 atom stereocenters. The highest BCUT2D eigenvalue weighted by molar-refractivity contribution is 8.52. The minimum absolute atomic E-state index is 0.385. The summed E-state index contributed by atoms with van der Waals surface area (Å²) in [5.74, 6) is 0. The van der Waals surface area contributed by atoms with Gasteiger partial charge in [0, 0.05) is 13.7 Å². The van der Waals surface area contributed by atoms with Crippen molar-refractivity contribution < 1.29 is 0 Å². The molecule has 9 heteroatoms. The van der Waals surface area contributed by atoms with Crippen LogP contribution in [-0.2, 0) is 0 Å². The molecule has 0 bridgehead atoms. The number of hydrogen-bond donors (Lipinski definition) is 3. The van der Waals surface area contributed by atoms with Gasteiger partial charge in [-0.25, -0.2) is 0 Å². The molecule has 18 heavy (non-hydrogen) atoms.